The Morgan fingerprint density at radius 1 is 0.778 bits per heavy atom. The molecule has 1 unspecified atom stereocenters. The van der Waals surface area contributed by atoms with Gasteiger partial charge >= 0.3 is 11.9 Å². The second-order valence-corrected chi connectivity index (χ2v) is 10.5. The molecule has 0 bridgehead atoms. The zero-order valence-electron chi connectivity index (χ0n) is 22.1. The minimum Gasteiger partial charge on any atom is -0.460 e. The Bertz CT molecular complexity index is 1080. The standard InChI is InChI=1S/C28H36N2O6/c1-18(31)29-22-14-12-20(13-15-22)19-8-10-21(11-9-19)25(33)30-23(26(34)36-28(5,6)7)16-17-24(32)35-27(2,3)4/h8-15,23H,16-17H2,1-7H3,(H,29,31)(H,30,33). The molecular weight excluding hydrogens is 460 g/mol. The lowest BCUT2D eigenvalue weighted by molar-refractivity contribution is -0.158. The van der Waals surface area contributed by atoms with E-state index in [1.165, 1.54) is 6.92 Å². The van der Waals surface area contributed by atoms with Crippen LogP contribution in [-0.4, -0.2) is 41.0 Å². The highest BCUT2D eigenvalue weighted by Gasteiger charge is 2.28. The van der Waals surface area contributed by atoms with Crippen LogP contribution >= 0.6 is 0 Å². The fourth-order valence-electron chi connectivity index (χ4n) is 3.28. The van der Waals surface area contributed by atoms with Gasteiger partial charge in [-0.1, -0.05) is 24.3 Å². The minimum atomic E-state index is -1.01. The van der Waals surface area contributed by atoms with Crippen molar-refractivity contribution >= 4 is 29.4 Å². The number of benzene rings is 2. The van der Waals surface area contributed by atoms with E-state index in [1.54, 1.807) is 77.9 Å². The zero-order chi connectivity index (χ0) is 27.1. The van der Waals surface area contributed by atoms with E-state index in [4.69, 9.17) is 9.47 Å². The summed E-state index contributed by atoms with van der Waals surface area (Å²) in [5, 5.41) is 5.42. The quantitative estimate of drug-likeness (QED) is 0.504. The van der Waals surface area contributed by atoms with E-state index in [1.807, 2.05) is 12.1 Å². The molecule has 0 heterocycles. The molecule has 8 nitrogen and oxygen atoms in total. The van der Waals surface area contributed by atoms with Crippen LogP contribution < -0.4 is 10.6 Å². The predicted molar refractivity (Wildman–Crippen MR) is 138 cm³/mol. The van der Waals surface area contributed by atoms with Gasteiger partial charge in [0.1, 0.15) is 17.2 Å². The number of carbonyl (C=O) groups is 4. The fraction of sp³-hybridized carbons (Fsp3) is 0.429. The Balaban J connectivity index is 2.11. The first kappa shape index (κ1) is 28.6. The van der Waals surface area contributed by atoms with Crippen LogP contribution in [0.15, 0.2) is 48.5 Å². The smallest absolute Gasteiger partial charge is 0.329 e. The van der Waals surface area contributed by atoms with Gasteiger partial charge in [-0.3, -0.25) is 14.4 Å². The molecule has 0 spiro atoms. The summed E-state index contributed by atoms with van der Waals surface area (Å²) in [4.78, 5) is 49.0. The van der Waals surface area contributed by atoms with Gasteiger partial charge in [-0.25, -0.2) is 4.79 Å². The molecule has 2 amide bonds. The van der Waals surface area contributed by atoms with Crippen molar-refractivity contribution in [1.29, 1.82) is 0 Å². The molecule has 0 aliphatic rings. The third-order valence-electron chi connectivity index (χ3n) is 4.74. The van der Waals surface area contributed by atoms with Gasteiger partial charge in [0.15, 0.2) is 0 Å². The molecule has 0 fully saturated rings. The molecule has 2 rings (SSSR count). The van der Waals surface area contributed by atoms with Gasteiger partial charge in [0, 0.05) is 24.6 Å². The lowest BCUT2D eigenvalue weighted by Gasteiger charge is -2.25. The van der Waals surface area contributed by atoms with E-state index < -0.39 is 35.1 Å². The molecule has 0 aliphatic heterocycles. The van der Waals surface area contributed by atoms with Gasteiger partial charge in [0.25, 0.3) is 5.91 Å². The van der Waals surface area contributed by atoms with Crippen molar-refractivity contribution in [3.63, 3.8) is 0 Å². The summed E-state index contributed by atoms with van der Waals surface area (Å²) in [5.41, 5.74) is 1.47. The SMILES string of the molecule is CC(=O)Nc1ccc(-c2ccc(C(=O)NC(CCC(=O)OC(C)(C)C)C(=O)OC(C)(C)C)cc2)cc1. The summed E-state index contributed by atoms with van der Waals surface area (Å²) in [7, 11) is 0. The van der Waals surface area contributed by atoms with Crippen molar-refractivity contribution in [2.24, 2.45) is 0 Å². The summed E-state index contributed by atoms with van der Waals surface area (Å²) in [6.45, 7) is 11.9. The molecule has 36 heavy (non-hydrogen) atoms. The highest BCUT2D eigenvalue weighted by Crippen LogP contribution is 2.22. The molecule has 0 saturated carbocycles. The Morgan fingerprint density at radius 2 is 1.28 bits per heavy atom. The van der Waals surface area contributed by atoms with Crippen LogP contribution in [0, 0.1) is 0 Å². The molecule has 0 aliphatic carbocycles. The van der Waals surface area contributed by atoms with Crippen molar-refractivity contribution in [3.8, 4) is 11.1 Å². The lowest BCUT2D eigenvalue weighted by atomic mass is 10.0. The third-order valence-corrected chi connectivity index (χ3v) is 4.74. The number of ether oxygens (including phenoxy) is 2. The maximum absolute atomic E-state index is 12.9. The average molecular weight is 497 g/mol. The highest BCUT2D eigenvalue weighted by atomic mass is 16.6. The van der Waals surface area contributed by atoms with E-state index in [9.17, 15) is 19.2 Å². The monoisotopic (exact) mass is 496 g/mol. The van der Waals surface area contributed by atoms with Gasteiger partial charge in [0.2, 0.25) is 5.91 Å². The number of anilines is 1. The van der Waals surface area contributed by atoms with E-state index >= 15 is 0 Å². The van der Waals surface area contributed by atoms with Crippen molar-refractivity contribution in [3.05, 3.63) is 54.1 Å². The lowest BCUT2D eigenvalue weighted by Crippen LogP contribution is -2.44. The van der Waals surface area contributed by atoms with E-state index in [2.05, 4.69) is 10.6 Å². The number of hydrogen-bond acceptors (Lipinski definition) is 6. The van der Waals surface area contributed by atoms with E-state index in [-0.39, 0.29) is 18.7 Å². The van der Waals surface area contributed by atoms with Crippen molar-refractivity contribution in [2.45, 2.75) is 78.6 Å². The maximum atomic E-state index is 12.9. The van der Waals surface area contributed by atoms with Crippen LogP contribution in [0.2, 0.25) is 0 Å². The van der Waals surface area contributed by atoms with Gasteiger partial charge in [-0.15, -0.1) is 0 Å². The molecule has 0 saturated heterocycles. The number of carbonyl (C=O) groups excluding carboxylic acids is 4. The van der Waals surface area contributed by atoms with Crippen molar-refractivity contribution < 1.29 is 28.7 Å². The molecule has 0 radical (unpaired) electrons. The maximum Gasteiger partial charge on any atom is 0.329 e. The Hall–Kier alpha value is -3.68. The van der Waals surface area contributed by atoms with Crippen LogP contribution in [0.25, 0.3) is 11.1 Å². The first-order valence-corrected chi connectivity index (χ1v) is 11.9. The third kappa shape index (κ3) is 9.90. The predicted octanol–water partition coefficient (Wildman–Crippen LogP) is 4.87. The molecule has 2 N–H and O–H groups in total. The van der Waals surface area contributed by atoms with E-state index in [0.717, 1.165) is 11.1 Å². The largest absolute Gasteiger partial charge is 0.460 e. The second-order valence-electron chi connectivity index (χ2n) is 10.5. The van der Waals surface area contributed by atoms with Gasteiger partial charge in [-0.2, -0.15) is 0 Å². The van der Waals surface area contributed by atoms with Crippen LogP contribution in [0.3, 0.4) is 0 Å². The summed E-state index contributed by atoms with van der Waals surface area (Å²) in [6, 6.07) is 13.2. The van der Waals surface area contributed by atoms with Crippen molar-refractivity contribution in [1.82, 2.24) is 5.32 Å². The number of rotatable bonds is 8. The molecule has 8 heteroatoms. The number of nitrogens with one attached hydrogen (secondary N) is 2. The number of hydrogen-bond donors (Lipinski definition) is 2. The summed E-state index contributed by atoms with van der Waals surface area (Å²) < 4.78 is 10.8. The zero-order valence-corrected chi connectivity index (χ0v) is 22.1. The fourth-order valence-corrected chi connectivity index (χ4v) is 3.28. The minimum absolute atomic E-state index is 0.0467. The molecule has 1 atom stereocenters. The van der Waals surface area contributed by atoms with Crippen LogP contribution in [0.5, 0.6) is 0 Å². The van der Waals surface area contributed by atoms with Crippen LogP contribution in [-0.2, 0) is 23.9 Å². The molecular formula is C28H36N2O6. The molecule has 2 aromatic rings. The second kappa shape index (κ2) is 11.8. The summed E-state index contributed by atoms with van der Waals surface area (Å²) in [6.07, 6.45) is 0.00315. The highest BCUT2D eigenvalue weighted by molar-refractivity contribution is 5.97. The molecule has 194 valence electrons. The van der Waals surface area contributed by atoms with Gasteiger partial charge in [-0.05, 0) is 83.4 Å². The first-order chi connectivity index (χ1) is 16.6. The number of esters is 2. The van der Waals surface area contributed by atoms with Crippen molar-refractivity contribution in [2.75, 3.05) is 5.32 Å². The van der Waals surface area contributed by atoms with E-state index in [0.29, 0.717) is 11.3 Å². The Kier molecular flexibility index (Phi) is 9.39. The first-order valence-electron chi connectivity index (χ1n) is 11.9. The van der Waals surface area contributed by atoms with Crippen LogP contribution in [0.1, 0.15) is 71.7 Å². The molecule has 2 aromatic carbocycles. The van der Waals surface area contributed by atoms with Gasteiger partial charge < -0.3 is 20.1 Å². The topological polar surface area (TPSA) is 111 Å². The van der Waals surface area contributed by atoms with Crippen LogP contribution in [0.4, 0.5) is 5.69 Å². The Labute approximate surface area is 212 Å². The summed E-state index contributed by atoms with van der Waals surface area (Å²) in [5.74, 6) is -1.68. The molecule has 0 aromatic heterocycles. The Morgan fingerprint density at radius 3 is 1.75 bits per heavy atom. The average Bonchev–Trinajstić information content (AvgIpc) is 2.74. The number of amides is 2. The normalized spacial score (nSPS) is 12.3. The summed E-state index contributed by atoms with van der Waals surface area (Å²) >= 11 is 0. The van der Waals surface area contributed by atoms with Gasteiger partial charge in [0.05, 0.1) is 0 Å².